The highest BCUT2D eigenvalue weighted by atomic mass is 32.1. The number of rotatable bonds is 14. The summed E-state index contributed by atoms with van der Waals surface area (Å²) in [7, 11) is 5.77. The zero-order chi connectivity index (χ0) is 23.2. The van der Waals surface area contributed by atoms with Crippen LogP contribution in [0.25, 0.3) is 0 Å². The number of thiocarbonyl (C=S) groups is 1. The highest BCUT2D eigenvalue weighted by Gasteiger charge is 2.07. The molecule has 0 aliphatic carbocycles. The average molecular weight is 456 g/mol. The number of anilines is 1. The maximum atomic E-state index is 5.89. The third kappa shape index (κ3) is 9.28. The van der Waals surface area contributed by atoms with Crippen LogP contribution in [0.1, 0.15) is 31.2 Å². The lowest BCUT2D eigenvalue weighted by atomic mass is 10.2. The summed E-state index contributed by atoms with van der Waals surface area (Å²) in [6, 6.07) is 16.0. The lowest BCUT2D eigenvalue weighted by molar-refractivity contribution is 0.300. The Bertz CT molecular complexity index is 809. The summed E-state index contributed by atoms with van der Waals surface area (Å²) in [5, 5.41) is 3.97. The third-order valence-electron chi connectivity index (χ3n) is 5.28. The molecule has 0 amide bonds. The van der Waals surface area contributed by atoms with Crippen molar-refractivity contribution in [3.05, 3.63) is 66.7 Å². The van der Waals surface area contributed by atoms with Crippen molar-refractivity contribution < 1.29 is 9.47 Å². The first-order chi connectivity index (χ1) is 15.5. The van der Waals surface area contributed by atoms with Gasteiger partial charge in [0.1, 0.15) is 11.5 Å². The minimum absolute atomic E-state index is 0.666. The number of hydrogen-bond acceptors (Lipinski definition) is 4. The Hall–Kier alpha value is -2.57. The largest absolute Gasteiger partial charge is 0.497 e. The molecule has 2 aromatic rings. The standard InChI is InChI=1S/C26H37N3O2S/c1-5-18-28(2)19-8-6-7-9-20-31-25-16-12-23(13-17-25)29(3)26(32)27-21-22-10-14-24(30-4)15-11-22/h5,10-17H,1,6-9,18-21H2,2-4H3,(H,27,32). The average Bonchev–Trinajstić information content (AvgIpc) is 2.82. The van der Waals surface area contributed by atoms with Crippen molar-refractivity contribution in [2.75, 3.05) is 45.8 Å². The normalized spacial score (nSPS) is 10.6. The van der Waals surface area contributed by atoms with Crippen molar-refractivity contribution in [2.24, 2.45) is 0 Å². The molecule has 0 fully saturated rings. The maximum Gasteiger partial charge on any atom is 0.173 e. The van der Waals surface area contributed by atoms with Crippen molar-refractivity contribution in [3.63, 3.8) is 0 Å². The fraction of sp³-hybridized carbons (Fsp3) is 0.423. The third-order valence-corrected chi connectivity index (χ3v) is 5.69. The first-order valence-corrected chi connectivity index (χ1v) is 11.6. The zero-order valence-corrected chi connectivity index (χ0v) is 20.5. The van der Waals surface area contributed by atoms with Gasteiger partial charge >= 0.3 is 0 Å². The summed E-state index contributed by atoms with van der Waals surface area (Å²) in [6.45, 7) is 7.27. The van der Waals surface area contributed by atoms with Crippen LogP contribution in [0, 0.1) is 0 Å². The predicted molar refractivity (Wildman–Crippen MR) is 139 cm³/mol. The van der Waals surface area contributed by atoms with Crippen LogP contribution in [-0.4, -0.2) is 50.9 Å². The van der Waals surface area contributed by atoms with Crippen LogP contribution in [0.2, 0.25) is 0 Å². The molecule has 0 bridgehead atoms. The molecule has 0 aromatic heterocycles. The number of likely N-dealkylation sites (N-methyl/N-ethyl adjacent to an activating group) is 1. The van der Waals surface area contributed by atoms with Crippen LogP contribution in [-0.2, 0) is 6.54 Å². The van der Waals surface area contributed by atoms with E-state index < -0.39 is 0 Å². The molecule has 0 saturated carbocycles. The highest BCUT2D eigenvalue weighted by molar-refractivity contribution is 7.80. The minimum Gasteiger partial charge on any atom is -0.497 e. The number of hydrogen-bond donors (Lipinski definition) is 1. The molecule has 0 heterocycles. The van der Waals surface area contributed by atoms with Gasteiger partial charge in [-0.2, -0.15) is 0 Å². The van der Waals surface area contributed by atoms with Gasteiger partial charge in [0.05, 0.1) is 13.7 Å². The van der Waals surface area contributed by atoms with Crippen LogP contribution in [0.3, 0.4) is 0 Å². The van der Waals surface area contributed by atoms with E-state index in [9.17, 15) is 0 Å². The molecule has 0 aliphatic heterocycles. The van der Waals surface area contributed by atoms with Crippen molar-refractivity contribution in [1.29, 1.82) is 0 Å². The summed E-state index contributed by atoms with van der Waals surface area (Å²) in [4.78, 5) is 4.26. The molecule has 6 heteroatoms. The van der Waals surface area contributed by atoms with E-state index in [2.05, 4.69) is 23.8 Å². The molecular weight excluding hydrogens is 418 g/mol. The monoisotopic (exact) mass is 455 g/mol. The highest BCUT2D eigenvalue weighted by Crippen LogP contribution is 2.19. The van der Waals surface area contributed by atoms with E-state index in [4.69, 9.17) is 21.7 Å². The van der Waals surface area contributed by atoms with E-state index in [1.807, 2.05) is 66.6 Å². The smallest absolute Gasteiger partial charge is 0.173 e. The van der Waals surface area contributed by atoms with Crippen molar-refractivity contribution in [1.82, 2.24) is 10.2 Å². The second kappa shape index (κ2) is 14.5. The Morgan fingerprint density at radius 3 is 2.28 bits per heavy atom. The lowest BCUT2D eigenvalue weighted by Gasteiger charge is -2.21. The van der Waals surface area contributed by atoms with Gasteiger partial charge in [-0.1, -0.05) is 31.1 Å². The maximum absolute atomic E-state index is 5.89. The van der Waals surface area contributed by atoms with Crippen molar-refractivity contribution >= 4 is 23.0 Å². The minimum atomic E-state index is 0.666. The van der Waals surface area contributed by atoms with Crippen LogP contribution < -0.4 is 19.7 Å². The van der Waals surface area contributed by atoms with Gasteiger partial charge in [-0.25, -0.2) is 0 Å². The Kier molecular flexibility index (Phi) is 11.6. The number of ether oxygens (including phenoxy) is 2. The lowest BCUT2D eigenvalue weighted by Crippen LogP contribution is -2.36. The van der Waals surface area contributed by atoms with Gasteiger partial charge in [-0.3, -0.25) is 0 Å². The number of unbranched alkanes of at least 4 members (excludes halogenated alkanes) is 3. The molecule has 0 spiro atoms. The molecule has 2 aromatic carbocycles. The van der Waals surface area contributed by atoms with Crippen LogP contribution in [0.5, 0.6) is 11.5 Å². The van der Waals surface area contributed by atoms with E-state index in [0.29, 0.717) is 11.7 Å². The van der Waals surface area contributed by atoms with Gasteiger partial charge in [0.2, 0.25) is 0 Å². The Labute approximate surface area is 199 Å². The molecule has 0 aliphatic rings. The molecule has 1 N–H and O–H groups in total. The first-order valence-electron chi connectivity index (χ1n) is 11.2. The second-order valence-electron chi connectivity index (χ2n) is 7.87. The zero-order valence-electron chi connectivity index (χ0n) is 19.7. The Morgan fingerprint density at radius 2 is 1.62 bits per heavy atom. The van der Waals surface area contributed by atoms with Crippen molar-refractivity contribution in [2.45, 2.75) is 32.2 Å². The molecule has 174 valence electrons. The van der Waals surface area contributed by atoms with E-state index >= 15 is 0 Å². The molecule has 0 radical (unpaired) electrons. The summed E-state index contributed by atoms with van der Waals surface area (Å²) >= 11 is 5.54. The summed E-state index contributed by atoms with van der Waals surface area (Å²) in [6.07, 6.45) is 6.67. The van der Waals surface area contributed by atoms with E-state index in [-0.39, 0.29) is 0 Å². The Morgan fingerprint density at radius 1 is 0.969 bits per heavy atom. The number of benzene rings is 2. The first kappa shape index (κ1) is 25.7. The van der Waals surface area contributed by atoms with Gasteiger partial charge in [0, 0.05) is 25.8 Å². The SMILES string of the molecule is C=CCN(C)CCCCCCOc1ccc(N(C)C(=S)NCc2ccc(OC)cc2)cc1. The number of nitrogens with zero attached hydrogens (tertiary/aromatic N) is 2. The summed E-state index contributed by atoms with van der Waals surface area (Å²) in [5.41, 5.74) is 2.17. The fourth-order valence-corrected chi connectivity index (χ4v) is 3.44. The molecular formula is C26H37N3O2S. The predicted octanol–water partition coefficient (Wildman–Crippen LogP) is 5.26. The van der Waals surface area contributed by atoms with E-state index in [1.165, 1.54) is 19.3 Å². The molecule has 0 atom stereocenters. The molecule has 32 heavy (non-hydrogen) atoms. The van der Waals surface area contributed by atoms with Crippen LogP contribution in [0.15, 0.2) is 61.2 Å². The molecule has 0 saturated heterocycles. The van der Waals surface area contributed by atoms with Gasteiger partial charge in [-0.15, -0.1) is 6.58 Å². The number of nitrogens with one attached hydrogen (secondary N) is 1. The van der Waals surface area contributed by atoms with E-state index in [0.717, 1.165) is 48.9 Å². The van der Waals surface area contributed by atoms with Gasteiger partial charge in [0.15, 0.2) is 5.11 Å². The second-order valence-corrected chi connectivity index (χ2v) is 8.26. The van der Waals surface area contributed by atoms with E-state index in [1.54, 1.807) is 7.11 Å². The topological polar surface area (TPSA) is 37.0 Å². The van der Waals surface area contributed by atoms with Gasteiger partial charge in [-0.05, 0) is 80.6 Å². The molecule has 5 nitrogen and oxygen atoms in total. The Balaban J connectivity index is 1.66. The van der Waals surface area contributed by atoms with Gasteiger partial charge in [0.25, 0.3) is 0 Å². The van der Waals surface area contributed by atoms with Gasteiger partial charge < -0.3 is 24.6 Å². The quantitative estimate of drug-likeness (QED) is 0.238. The summed E-state index contributed by atoms with van der Waals surface area (Å²) in [5.74, 6) is 1.74. The molecule has 2 rings (SSSR count). The fourth-order valence-electron chi connectivity index (χ4n) is 3.26. The number of methoxy groups -OCH3 is 1. The molecule has 0 unspecified atom stereocenters. The van der Waals surface area contributed by atoms with Crippen LogP contribution in [0.4, 0.5) is 5.69 Å². The van der Waals surface area contributed by atoms with Crippen LogP contribution >= 0.6 is 12.2 Å². The van der Waals surface area contributed by atoms with Crippen molar-refractivity contribution in [3.8, 4) is 11.5 Å². The summed E-state index contributed by atoms with van der Waals surface area (Å²) < 4.78 is 11.1.